The SMILES string of the molecule is CCOC(=O)c1c(C)[nH]c(C(=O)CSc2n[nH]c(=O)n2CC2CCCO2)c1C. The third kappa shape index (κ3) is 4.22. The van der Waals surface area contributed by atoms with Crippen LogP contribution < -0.4 is 5.69 Å². The Hall–Kier alpha value is -2.33. The van der Waals surface area contributed by atoms with Crippen molar-refractivity contribution in [1.82, 2.24) is 19.7 Å². The van der Waals surface area contributed by atoms with Crippen LogP contribution in [0.1, 0.15) is 51.9 Å². The van der Waals surface area contributed by atoms with Gasteiger partial charge in [0.25, 0.3) is 0 Å². The van der Waals surface area contributed by atoms with Gasteiger partial charge in [-0.2, -0.15) is 0 Å². The Morgan fingerprint density at radius 3 is 2.86 bits per heavy atom. The number of hydrogen-bond acceptors (Lipinski definition) is 7. The fraction of sp³-hybridized carbons (Fsp3) is 0.556. The molecule has 1 saturated heterocycles. The maximum atomic E-state index is 12.7. The number of aryl methyl sites for hydroxylation is 1. The van der Waals surface area contributed by atoms with Crippen LogP contribution in [0.25, 0.3) is 0 Å². The van der Waals surface area contributed by atoms with E-state index in [9.17, 15) is 14.4 Å². The van der Waals surface area contributed by atoms with Crippen LogP contribution in [0.3, 0.4) is 0 Å². The number of ketones is 1. The second-order valence-electron chi connectivity index (χ2n) is 6.61. The van der Waals surface area contributed by atoms with E-state index in [0.717, 1.165) is 12.8 Å². The highest BCUT2D eigenvalue weighted by atomic mass is 32.2. The molecule has 1 fully saturated rings. The van der Waals surface area contributed by atoms with Crippen molar-refractivity contribution in [3.8, 4) is 0 Å². The topological polar surface area (TPSA) is 119 Å². The number of nitrogens with one attached hydrogen (secondary N) is 2. The Labute approximate surface area is 166 Å². The van der Waals surface area contributed by atoms with Gasteiger partial charge in [0, 0.05) is 12.3 Å². The van der Waals surface area contributed by atoms with Crippen LogP contribution in [-0.4, -0.2) is 56.6 Å². The molecule has 0 amide bonds. The average molecular weight is 408 g/mol. The van der Waals surface area contributed by atoms with Crippen LogP contribution in [0.2, 0.25) is 0 Å². The Morgan fingerprint density at radius 2 is 2.18 bits per heavy atom. The Kier molecular flexibility index (Phi) is 6.40. The second kappa shape index (κ2) is 8.78. The number of esters is 1. The van der Waals surface area contributed by atoms with Gasteiger partial charge in [0.2, 0.25) is 0 Å². The van der Waals surface area contributed by atoms with Crippen molar-refractivity contribution in [2.24, 2.45) is 0 Å². The van der Waals surface area contributed by atoms with Crippen LogP contribution in [0.4, 0.5) is 0 Å². The van der Waals surface area contributed by atoms with Gasteiger partial charge in [-0.15, -0.1) is 5.10 Å². The molecule has 1 aliphatic heterocycles. The summed E-state index contributed by atoms with van der Waals surface area (Å²) in [5.74, 6) is -0.544. The molecule has 1 atom stereocenters. The Morgan fingerprint density at radius 1 is 1.39 bits per heavy atom. The molecule has 10 heteroatoms. The number of thioether (sulfide) groups is 1. The molecule has 2 aromatic rings. The van der Waals surface area contributed by atoms with Crippen molar-refractivity contribution in [3.63, 3.8) is 0 Å². The van der Waals surface area contributed by atoms with Gasteiger partial charge in [0.05, 0.1) is 36.3 Å². The van der Waals surface area contributed by atoms with E-state index in [1.807, 2.05) is 0 Å². The molecule has 9 nitrogen and oxygen atoms in total. The molecule has 0 bridgehead atoms. The summed E-state index contributed by atoms with van der Waals surface area (Å²) in [6.45, 7) is 6.57. The van der Waals surface area contributed by atoms with Crippen LogP contribution in [0.15, 0.2) is 9.95 Å². The first-order chi connectivity index (χ1) is 13.4. The van der Waals surface area contributed by atoms with E-state index in [2.05, 4.69) is 15.2 Å². The molecule has 1 aliphatic rings. The number of aromatic amines is 2. The molecule has 152 valence electrons. The summed E-state index contributed by atoms with van der Waals surface area (Å²) in [6, 6.07) is 0. The minimum Gasteiger partial charge on any atom is -0.462 e. The maximum absolute atomic E-state index is 12.7. The molecule has 0 aromatic carbocycles. The first-order valence-corrected chi connectivity index (χ1v) is 10.2. The Balaban J connectivity index is 1.71. The lowest BCUT2D eigenvalue weighted by molar-refractivity contribution is 0.0525. The van der Waals surface area contributed by atoms with Crippen LogP contribution in [-0.2, 0) is 16.0 Å². The number of nitrogens with zero attached hydrogens (tertiary/aromatic N) is 2. The number of aromatic nitrogens is 4. The molecule has 0 aliphatic carbocycles. The van der Waals surface area contributed by atoms with E-state index in [4.69, 9.17) is 9.47 Å². The third-order valence-electron chi connectivity index (χ3n) is 4.66. The third-order valence-corrected chi connectivity index (χ3v) is 5.64. The van der Waals surface area contributed by atoms with Crippen molar-refractivity contribution in [2.75, 3.05) is 19.0 Å². The highest BCUT2D eigenvalue weighted by Crippen LogP contribution is 2.23. The largest absolute Gasteiger partial charge is 0.462 e. The Bertz CT molecular complexity index is 923. The van der Waals surface area contributed by atoms with Gasteiger partial charge in [-0.1, -0.05) is 11.8 Å². The molecular formula is C18H24N4O5S. The van der Waals surface area contributed by atoms with Gasteiger partial charge in [-0.25, -0.2) is 14.7 Å². The first-order valence-electron chi connectivity index (χ1n) is 9.21. The predicted octanol–water partition coefficient (Wildman–Crippen LogP) is 1.85. The van der Waals surface area contributed by atoms with Gasteiger partial charge in [-0.05, 0) is 39.2 Å². The number of carbonyl (C=O) groups excluding carboxylic acids is 2. The van der Waals surface area contributed by atoms with Crippen molar-refractivity contribution in [1.29, 1.82) is 0 Å². The highest BCUT2D eigenvalue weighted by molar-refractivity contribution is 7.99. The zero-order chi connectivity index (χ0) is 20.3. The summed E-state index contributed by atoms with van der Waals surface area (Å²) in [5, 5.41) is 6.89. The molecule has 0 spiro atoms. The van der Waals surface area contributed by atoms with Crippen molar-refractivity contribution < 1.29 is 19.1 Å². The van der Waals surface area contributed by atoms with Gasteiger partial charge in [-0.3, -0.25) is 9.36 Å². The minimum absolute atomic E-state index is 0.00853. The van der Waals surface area contributed by atoms with E-state index in [0.29, 0.717) is 40.8 Å². The number of rotatable bonds is 8. The first kappa shape index (κ1) is 20.4. The highest BCUT2D eigenvalue weighted by Gasteiger charge is 2.24. The predicted molar refractivity (Wildman–Crippen MR) is 103 cm³/mol. The van der Waals surface area contributed by atoms with E-state index in [1.165, 1.54) is 16.3 Å². The van der Waals surface area contributed by atoms with Crippen molar-refractivity contribution >= 4 is 23.5 Å². The average Bonchev–Trinajstić information content (AvgIpc) is 3.35. The van der Waals surface area contributed by atoms with Crippen LogP contribution >= 0.6 is 11.8 Å². The van der Waals surface area contributed by atoms with E-state index in [1.54, 1.807) is 20.8 Å². The number of carbonyl (C=O) groups is 2. The summed E-state index contributed by atoms with van der Waals surface area (Å²) in [6.07, 6.45) is 1.87. The standard InChI is InChI=1S/C18H24N4O5S/c1-4-26-16(24)14-10(2)15(19-11(14)3)13(23)9-28-18-21-20-17(25)22(18)8-12-6-5-7-27-12/h12,19H,4-9H2,1-3H3,(H,20,25). The number of H-pyrrole nitrogens is 2. The molecule has 1 unspecified atom stereocenters. The van der Waals surface area contributed by atoms with E-state index in [-0.39, 0.29) is 29.9 Å². The summed E-state index contributed by atoms with van der Waals surface area (Å²) in [4.78, 5) is 39.8. The summed E-state index contributed by atoms with van der Waals surface area (Å²) in [7, 11) is 0. The molecular weight excluding hydrogens is 384 g/mol. The van der Waals surface area contributed by atoms with Crippen LogP contribution in [0, 0.1) is 13.8 Å². The maximum Gasteiger partial charge on any atom is 0.344 e. The monoisotopic (exact) mass is 408 g/mol. The fourth-order valence-electron chi connectivity index (χ4n) is 3.31. The number of Topliss-reactive ketones (excluding diaryl/α,β-unsaturated/α-hetero) is 1. The van der Waals surface area contributed by atoms with Crippen molar-refractivity contribution in [3.05, 3.63) is 33.0 Å². The second-order valence-corrected chi connectivity index (χ2v) is 7.56. The van der Waals surface area contributed by atoms with E-state index < -0.39 is 5.97 Å². The van der Waals surface area contributed by atoms with Crippen LogP contribution in [0.5, 0.6) is 0 Å². The minimum atomic E-state index is -0.446. The number of hydrogen-bond donors (Lipinski definition) is 2. The quantitative estimate of drug-likeness (QED) is 0.389. The van der Waals surface area contributed by atoms with Gasteiger partial charge < -0.3 is 14.5 Å². The normalized spacial score (nSPS) is 16.5. The van der Waals surface area contributed by atoms with Gasteiger partial charge in [0.15, 0.2) is 10.9 Å². The zero-order valence-corrected chi connectivity index (χ0v) is 17.0. The van der Waals surface area contributed by atoms with Gasteiger partial charge in [0.1, 0.15) is 0 Å². The summed E-state index contributed by atoms with van der Waals surface area (Å²) < 4.78 is 12.1. The zero-order valence-electron chi connectivity index (χ0n) is 16.2. The summed E-state index contributed by atoms with van der Waals surface area (Å²) in [5.41, 5.74) is 1.61. The fourth-order valence-corrected chi connectivity index (χ4v) is 4.13. The molecule has 0 radical (unpaired) electrons. The lowest BCUT2D eigenvalue weighted by atomic mass is 10.1. The number of ether oxygens (including phenoxy) is 2. The molecule has 3 rings (SSSR count). The molecule has 2 N–H and O–H groups in total. The molecule has 28 heavy (non-hydrogen) atoms. The lowest BCUT2D eigenvalue weighted by Gasteiger charge is -2.10. The molecule has 3 heterocycles. The van der Waals surface area contributed by atoms with Crippen molar-refractivity contribution in [2.45, 2.75) is 51.4 Å². The molecule has 0 saturated carbocycles. The summed E-state index contributed by atoms with van der Waals surface area (Å²) >= 11 is 1.18. The smallest absolute Gasteiger partial charge is 0.344 e. The molecule has 2 aromatic heterocycles. The lowest BCUT2D eigenvalue weighted by Crippen LogP contribution is -2.25. The van der Waals surface area contributed by atoms with Gasteiger partial charge >= 0.3 is 11.7 Å². The van der Waals surface area contributed by atoms with E-state index >= 15 is 0 Å².